The van der Waals surface area contributed by atoms with E-state index < -0.39 is 23.6 Å². The van der Waals surface area contributed by atoms with Gasteiger partial charge in [-0.2, -0.15) is 0 Å². The third-order valence-corrected chi connectivity index (χ3v) is 1.93. The highest BCUT2D eigenvalue weighted by atomic mass is 19.1. The molecule has 0 aliphatic rings. The van der Waals surface area contributed by atoms with Crippen LogP contribution in [-0.4, -0.2) is 23.5 Å². The van der Waals surface area contributed by atoms with Crippen molar-refractivity contribution in [1.82, 2.24) is 5.32 Å². The second-order valence-corrected chi connectivity index (χ2v) is 3.16. The molecule has 0 bridgehead atoms. The predicted octanol–water partition coefficient (Wildman–Crippen LogP) is 0.706. The molecule has 0 fully saturated rings. The van der Waals surface area contributed by atoms with Crippen LogP contribution in [0.2, 0.25) is 0 Å². The number of halogens is 2. The molecule has 1 rings (SSSR count). The Kier molecular flexibility index (Phi) is 3.93. The molecule has 0 radical (unpaired) electrons. The highest BCUT2D eigenvalue weighted by Gasteiger charge is 2.17. The van der Waals surface area contributed by atoms with Gasteiger partial charge in [-0.3, -0.25) is 4.79 Å². The highest BCUT2D eigenvalue weighted by molar-refractivity contribution is 5.76. The predicted molar refractivity (Wildman–Crippen MR) is 50.7 cm³/mol. The number of rotatable bonds is 5. The molecular formula is C10H9F2NO3. The topological polar surface area (TPSA) is 66.4 Å². The summed E-state index contributed by atoms with van der Waals surface area (Å²) in [6.45, 7) is 0. The first-order valence-electron chi connectivity index (χ1n) is 4.40. The molecule has 1 amide bonds. The maximum atomic E-state index is 12.8. The van der Waals surface area contributed by atoms with E-state index >= 15 is 0 Å². The summed E-state index contributed by atoms with van der Waals surface area (Å²) >= 11 is 0. The average Bonchev–Trinajstić information content (AvgIpc) is 2.15. The molecule has 0 saturated heterocycles. The Labute approximate surface area is 89.9 Å². The van der Waals surface area contributed by atoms with E-state index in [-0.39, 0.29) is 18.4 Å². The summed E-state index contributed by atoms with van der Waals surface area (Å²) in [6.07, 6.45) is 0.0528. The van der Waals surface area contributed by atoms with Gasteiger partial charge in [-0.15, -0.1) is 0 Å². The molecule has 4 nitrogen and oxygen atoms in total. The van der Waals surface area contributed by atoms with Crippen LogP contribution in [0.5, 0.6) is 0 Å². The number of carboxylic acids is 1. The summed E-state index contributed by atoms with van der Waals surface area (Å²) in [5.74, 6) is -2.84. The van der Waals surface area contributed by atoms with Gasteiger partial charge in [0.1, 0.15) is 17.7 Å². The first-order valence-corrected chi connectivity index (χ1v) is 4.40. The van der Waals surface area contributed by atoms with E-state index in [1.165, 1.54) is 0 Å². The molecule has 1 aromatic rings. The minimum atomic E-state index is -1.27. The van der Waals surface area contributed by atoms with Crippen LogP contribution in [0.15, 0.2) is 18.2 Å². The summed E-state index contributed by atoms with van der Waals surface area (Å²) in [5, 5.41) is 10.7. The van der Waals surface area contributed by atoms with E-state index in [1.807, 2.05) is 5.32 Å². The van der Waals surface area contributed by atoms with E-state index in [4.69, 9.17) is 5.11 Å². The lowest BCUT2D eigenvalue weighted by molar-refractivity contribution is -0.140. The first kappa shape index (κ1) is 12.1. The number of nitrogens with one attached hydrogen (secondary N) is 1. The summed E-state index contributed by atoms with van der Waals surface area (Å²) in [5.41, 5.74) is 0.166. The number of aliphatic carboxylic acids is 1. The first-order chi connectivity index (χ1) is 7.52. The van der Waals surface area contributed by atoms with Crippen molar-refractivity contribution in [1.29, 1.82) is 0 Å². The number of carbonyl (C=O) groups is 2. The molecule has 0 aromatic heterocycles. The Hall–Kier alpha value is -1.98. The number of carbonyl (C=O) groups excluding carboxylic acids is 1. The smallest absolute Gasteiger partial charge is 0.326 e. The van der Waals surface area contributed by atoms with Crippen molar-refractivity contribution < 1.29 is 23.5 Å². The van der Waals surface area contributed by atoms with E-state index in [0.29, 0.717) is 6.07 Å². The third-order valence-electron chi connectivity index (χ3n) is 1.93. The van der Waals surface area contributed by atoms with Gasteiger partial charge in [-0.25, -0.2) is 13.6 Å². The molecule has 1 unspecified atom stereocenters. The quantitative estimate of drug-likeness (QED) is 0.730. The molecular weight excluding hydrogens is 220 g/mol. The van der Waals surface area contributed by atoms with Crippen LogP contribution < -0.4 is 5.32 Å². The molecule has 0 aliphatic heterocycles. The minimum absolute atomic E-state index is 0.166. The fourth-order valence-electron chi connectivity index (χ4n) is 1.26. The van der Waals surface area contributed by atoms with Gasteiger partial charge in [-0.1, -0.05) is 0 Å². The number of amides is 1. The lowest BCUT2D eigenvalue weighted by atomic mass is 10.1. The van der Waals surface area contributed by atoms with Crippen molar-refractivity contribution in [2.24, 2.45) is 0 Å². The lowest BCUT2D eigenvalue weighted by Gasteiger charge is -2.10. The number of hydrogen-bond acceptors (Lipinski definition) is 2. The fourth-order valence-corrected chi connectivity index (χ4v) is 1.26. The maximum Gasteiger partial charge on any atom is 0.326 e. The Morgan fingerprint density at radius 2 is 1.94 bits per heavy atom. The minimum Gasteiger partial charge on any atom is -0.480 e. The zero-order valence-electron chi connectivity index (χ0n) is 8.11. The molecule has 0 aliphatic carbocycles. The van der Waals surface area contributed by atoms with Gasteiger partial charge < -0.3 is 10.4 Å². The van der Waals surface area contributed by atoms with Crippen LogP contribution in [0, 0.1) is 11.6 Å². The highest BCUT2D eigenvalue weighted by Crippen LogP contribution is 2.10. The van der Waals surface area contributed by atoms with Crippen LogP contribution in [0.3, 0.4) is 0 Å². The molecule has 16 heavy (non-hydrogen) atoms. The number of hydrogen-bond donors (Lipinski definition) is 2. The van der Waals surface area contributed by atoms with Crippen LogP contribution >= 0.6 is 0 Å². The average molecular weight is 229 g/mol. The molecule has 86 valence electrons. The molecule has 0 saturated carbocycles. The third kappa shape index (κ3) is 3.30. The lowest BCUT2D eigenvalue weighted by Crippen LogP contribution is -2.37. The van der Waals surface area contributed by atoms with Gasteiger partial charge in [0.15, 0.2) is 0 Å². The molecule has 1 atom stereocenters. The van der Waals surface area contributed by atoms with E-state index in [1.54, 1.807) is 0 Å². The van der Waals surface area contributed by atoms with Crippen LogP contribution in [-0.2, 0) is 16.0 Å². The maximum absolute atomic E-state index is 12.8. The van der Waals surface area contributed by atoms with E-state index in [9.17, 15) is 18.4 Å². The molecule has 0 spiro atoms. The SMILES string of the molecule is O=CNC(Cc1cc(F)cc(F)c1)C(=O)O. The Bertz CT molecular complexity index is 389. The molecule has 1 aromatic carbocycles. The van der Waals surface area contributed by atoms with Gasteiger partial charge in [0.05, 0.1) is 0 Å². The van der Waals surface area contributed by atoms with Crippen molar-refractivity contribution in [3.63, 3.8) is 0 Å². The van der Waals surface area contributed by atoms with Crippen LogP contribution in [0.4, 0.5) is 8.78 Å². The number of carboxylic acid groups (broad SMARTS) is 1. The van der Waals surface area contributed by atoms with E-state index in [0.717, 1.165) is 12.1 Å². The van der Waals surface area contributed by atoms with Crippen LogP contribution in [0.1, 0.15) is 5.56 Å². The van der Waals surface area contributed by atoms with Crippen LogP contribution in [0.25, 0.3) is 0 Å². The van der Waals surface area contributed by atoms with E-state index in [2.05, 4.69) is 0 Å². The van der Waals surface area contributed by atoms with Crippen molar-refractivity contribution in [3.05, 3.63) is 35.4 Å². The summed E-state index contributed by atoms with van der Waals surface area (Å²) in [6, 6.07) is 1.53. The number of benzene rings is 1. The normalized spacial score (nSPS) is 11.9. The van der Waals surface area contributed by atoms with Gasteiger partial charge in [0, 0.05) is 12.5 Å². The second kappa shape index (κ2) is 5.20. The Morgan fingerprint density at radius 1 is 1.38 bits per heavy atom. The van der Waals surface area contributed by atoms with Crippen molar-refractivity contribution in [2.45, 2.75) is 12.5 Å². The molecule has 6 heteroatoms. The molecule has 2 N–H and O–H groups in total. The van der Waals surface area contributed by atoms with Crippen molar-refractivity contribution in [3.8, 4) is 0 Å². The van der Waals surface area contributed by atoms with Gasteiger partial charge in [-0.05, 0) is 17.7 Å². The summed E-state index contributed by atoms with van der Waals surface area (Å²) in [4.78, 5) is 20.8. The standard InChI is InChI=1S/C10H9F2NO3/c11-7-1-6(2-8(12)4-7)3-9(10(15)16)13-5-14/h1-2,4-5,9H,3H2,(H,13,14)(H,15,16). The second-order valence-electron chi connectivity index (χ2n) is 3.16. The van der Waals surface area contributed by atoms with Gasteiger partial charge in [0.25, 0.3) is 0 Å². The summed E-state index contributed by atoms with van der Waals surface area (Å²) in [7, 11) is 0. The zero-order chi connectivity index (χ0) is 12.1. The monoisotopic (exact) mass is 229 g/mol. The largest absolute Gasteiger partial charge is 0.480 e. The Balaban J connectivity index is 2.84. The fraction of sp³-hybridized carbons (Fsp3) is 0.200. The van der Waals surface area contributed by atoms with Gasteiger partial charge >= 0.3 is 5.97 Å². The van der Waals surface area contributed by atoms with Gasteiger partial charge in [0.2, 0.25) is 6.41 Å². The Morgan fingerprint density at radius 3 is 2.38 bits per heavy atom. The zero-order valence-corrected chi connectivity index (χ0v) is 8.11. The molecule has 0 heterocycles. The van der Waals surface area contributed by atoms with Crippen molar-refractivity contribution >= 4 is 12.4 Å². The van der Waals surface area contributed by atoms with Crippen molar-refractivity contribution in [2.75, 3.05) is 0 Å². The summed E-state index contributed by atoms with van der Waals surface area (Å²) < 4.78 is 25.6.